The molecule has 0 aliphatic rings. The molecule has 1 heterocycles. The van der Waals surface area contributed by atoms with Gasteiger partial charge in [0.15, 0.2) is 0 Å². The average molecular weight is 272 g/mol. The second kappa shape index (κ2) is 6.64. The lowest BCUT2D eigenvalue weighted by molar-refractivity contribution is 0.288. The molecule has 1 aromatic carbocycles. The number of hydrogen-bond acceptors (Lipinski definition) is 3. The molecule has 0 radical (unpaired) electrons. The van der Waals surface area contributed by atoms with Crippen molar-refractivity contribution in [2.75, 3.05) is 6.54 Å². The Labute approximate surface area is 119 Å². The Morgan fingerprint density at radius 2 is 1.95 bits per heavy atom. The van der Waals surface area contributed by atoms with E-state index in [9.17, 15) is 0 Å². The fourth-order valence-electron chi connectivity index (χ4n) is 2.13. The summed E-state index contributed by atoms with van der Waals surface area (Å²) in [5, 5.41) is 1.14. The van der Waals surface area contributed by atoms with E-state index in [-0.39, 0.29) is 0 Å². The maximum Gasteiger partial charge on any atom is 0.0900 e. The van der Waals surface area contributed by atoms with Crippen LogP contribution in [0.3, 0.4) is 0 Å². The second-order valence-electron chi connectivity index (χ2n) is 4.69. The normalized spacial score (nSPS) is 10.9. The second-order valence-corrected chi connectivity index (χ2v) is 5.97. The van der Waals surface area contributed by atoms with Crippen molar-refractivity contribution in [3.05, 3.63) is 64.1 Å². The van der Waals surface area contributed by atoms with Gasteiger partial charge in [-0.1, -0.05) is 36.4 Å². The number of benzene rings is 1. The first-order valence-electron chi connectivity index (χ1n) is 6.49. The van der Waals surface area contributed by atoms with Gasteiger partial charge in [-0.2, -0.15) is 0 Å². The fraction of sp³-hybridized carbons (Fsp3) is 0.312. The molecule has 0 aliphatic carbocycles. The first kappa shape index (κ1) is 14.0. The summed E-state index contributed by atoms with van der Waals surface area (Å²) in [5.74, 6) is 0. The molecule has 2 rings (SSSR count). The van der Waals surface area contributed by atoms with Gasteiger partial charge in [-0.15, -0.1) is 17.9 Å². The quantitative estimate of drug-likeness (QED) is 0.740. The van der Waals surface area contributed by atoms with Crippen LogP contribution < -0.4 is 0 Å². The van der Waals surface area contributed by atoms with E-state index in [1.54, 1.807) is 11.3 Å². The van der Waals surface area contributed by atoms with Gasteiger partial charge in [-0.05, 0) is 19.4 Å². The largest absolute Gasteiger partial charge is 0.290 e. The third-order valence-corrected chi connectivity index (χ3v) is 4.06. The lowest BCUT2D eigenvalue weighted by atomic mass is 10.2. The molecule has 0 N–H and O–H groups in total. The highest BCUT2D eigenvalue weighted by molar-refractivity contribution is 7.11. The molecule has 2 aromatic rings. The predicted molar refractivity (Wildman–Crippen MR) is 82.3 cm³/mol. The van der Waals surface area contributed by atoms with Crippen LogP contribution in [0.1, 0.15) is 21.1 Å². The van der Waals surface area contributed by atoms with Crippen LogP contribution in [0.5, 0.6) is 0 Å². The molecular weight excluding hydrogens is 252 g/mol. The molecule has 0 spiro atoms. The van der Waals surface area contributed by atoms with E-state index < -0.39 is 0 Å². The summed E-state index contributed by atoms with van der Waals surface area (Å²) in [6.07, 6.45) is 1.96. The maximum atomic E-state index is 4.50. The Morgan fingerprint density at radius 1 is 1.21 bits per heavy atom. The van der Waals surface area contributed by atoms with Crippen molar-refractivity contribution >= 4 is 11.3 Å². The molecule has 0 aliphatic heterocycles. The third-order valence-electron chi connectivity index (χ3n) is 3.00. The Bertz CT molecular complexity index is 531. The van der Waals surface area contributed by atoms with Gasteiger partial charge in [0.2, 0.25) is 0 Å². The van der Waals surface area contributed by atoms with Crippen molar-refractivity contribution in [1.29, 1.82) is 0 Å². The standard InChI is InChI=1S/C16H20N2S/c1-4-10-18(11-15-8-6-5-7-9-15)12-16-13(2)17-14(3)19-16/h4-9H,1,10-12H2,2-3H3. The van der Waals surface area contributed by atoms with Crippen molar-refractivity contribution in [2.24, 2.45) is 0 Å². The van der Waals surface area contributed by atoms with E-state index in [2.05, 4.69) is 60.6 Å². The highest BCUT2D eigenvalue weighted by atomic mass is 32.1. The number of thiazole rings is 1. The first-order valence-corrected chi connectivity index (χ1v) is 7.30. The topological polar surface area (TPSA) is 16.1 Å². The average Bonchev–Trinajstić information content (AvgIpc) is 2.69. The predicted octanol–water partition coefficient (Wildman–Crippen LogP) is 3.95. The van der Waals surface area contributed by atoms with E-state index in [0.29, 0.717) is 0 Å². The van der Waals surface area contributed by atoms with Crippen LogP contribution in [0, 0.1) is 13.8 Å². The van der Waals surface area contributed by atoms with E-state index in [1.807, 2.05) is 6.08 Å². The van der Waals surface area contributed by atoms with Crippen LogP contribution in [-0.4, -0.2) is 16.4 Å². The van der Waals surface area contributed by atoms with Crippen LogP contribution >= 0.6 is 11.3 Å². The number of nitrogens with zero attached hydrogens (tertiary/aromatic N) is 2. The smallest absolute Gasteiger partial charge is 0.0900 e. The zero-order valence-corrected chi connectivity index (χ0v) is 12.4. The Hall–Kier alpha value is -1.45. The Morgan fingerprint density at radius 3 is 2.53 bits per heavy atom. The SMILES string of the molecule is C=CCN(Cc1ccccc1)Cc1sc(C)nc1C. The lowest BCUT2D eigenvalue weighted by Gasteiger charge is -2.20. The van der Waals surface area contributed by atoms with E-state index >= 15 is 0 Å². The van der Waals surface area contributed by atoms with Crippen LogP contribution in [0.15, 0.2) is 43.0 Å². The van der Waals surface area contributed by atoms with Gasteiger partial charge in [0.25, 0.3) is 0 Å². The molecule has 0 saturated heterocycles. The van der Waals surface area contributed by atoms with Gasteiger partial charge in [-0.25, -0.2) is 4.98 Å². The molecule has 0 amide bonds. The summed E-state index contributed by atoms with van der Waals surface area (Å²) in [4.78, 5) is 8.25. The summed E-state index contributed by atoms with van der Waals surface area (Å²) in [7, 11) is 0. The van der Waals surface area contributed by atoms with Crippen molar-refractivity contribution < 1.29 is 0 Å². The fourth-order valence-corrected chi connectivity index (χ4v) is 3.11. The molecule has 19 heavy (non-hydrogen) atoms. The first-order chi connectivity index (χ1) is 9.19. The monoisotopic (exact) mass is 272 g/mol. The molecule has 3 heteroatoms. The Balaban J connectivity index is 2.08. The molecule has 0 saturated carbocycles. The minimum atomic E-state index is 0.894. The van der Waals surface area contributed by atoms with E-state index in [1.165, 1.54) is 10.4 Å². The number of aromatic nitrogens is 1. The van der Waals surface area contributed by atoms with Crippen molar-refractivity contribution in [2.45, 2.75) is 26.9 Å². The molecule has 1 aromatic heterocycles. The van der Waals surface area contributed by atoms with Gasteiger partial charge in [0, 0.05) is 24.5 Å². The van der Waals surface area contributed by atoms with Crippen LogP contribution in [0.25, 0.3) is 0 Å². The molecule has 0 fully saturated rings. The van der Waals surface area contributed by atoms with Gasteiger partial charge in [0.05, 0.1) is 10.7 Å². The van der Waals surface area contributed by atoms with Crippen LogP contribution in [0.4, 0.5) is 0 Å². The van der Waals surface area contributed by atoms with Gasteiger partial charge in [0.1, 0.15) is 0 Å². The van der Waals surface area contributed by atoms with Gasteiger partial charge < -0.3 is 0 Å². The zero-order valence-electron chi connectivity index (χ0n) is 11.6. The number of aryl methyl sites for hydroxylation is 2. The summed E-state index contributed by atoms with van der Waals surface area (Å²) >= 11 is 1.79. The Kier molecular flexibility index (Phi) is 4.88. The molecular formula is C16H20N2S. The molecule has 0 unspecified atom stereocenters. The van der Waals surface area contributed by atoms with E-state index in [0.717, 1.165) is 30.3 Å². The summed E-state index contributed by atoms with van der Waals surface area (Å²) in [6, 6.07) is 10.6. The number of rotatable bonds is 6. The van der Waals surface area contributed by atoms with Gasteiger partial charge in [-0.3, -0.25) is 4.90 Å². The van der Waals surface area contributed by atoms with Crippen molar-refractivity contribution in [3.63, 3.8) is 0 Å². The highest BCUT2D eigenvalue weighted by Gasteiger charge is 2.10. The highest BCUT2D eigenvalue weighted by Crippen LogP contribution is 2.20. The maximum absolute atomic E-state index is 4.50. The molecule has 100 valence electrons. The summed E-state index contributed by atoms with van der Waals surface area (Å²) in [5.41, 5.74) is 2.49. The van der Waals surface area contributed by atoms with Gasteiger partial charge >= 0.3 is 0 Å². The van der Waals surface area contributed by atoms with Crippen LogP contribution in [0.2, 0.25) is 0 Å². The third kappa shape index (κ3) is 4.01. The van der Waals surface area contributed by atoms with E-state index in [4.69, 9.17) is 0 Å². The minimum absolute atomic E-state index is 0.894. The number of hydrogen-bond donors (Lipinski definition) is 0. The molecule has 0 atom stereocenters. The van der Waals surface area contributed by atoms with Crippen LogP contribution in [-0.2, 0) is 13.1 Å². The minimum Gasteiger partial charge on any atom is -0.290 e. The summed E-state index contributed by atoms with van der Waals surface area (Å²) < 4.78 is 0. The van der Waals surface area contributed by atoms with Crippen molar-refractivity contribution in [3.8, 4) is 0 Å². The zero-order chi connectivity index (χ0) is 13.7. The van der Waals surface area contributed by atoms with Crippen molar-refractivity contribution in [1.82, 2.24) is 9.88 Å². The summed E-state index contributed by atoms with van der Waals surface area (Å²) in [6.45, 7) is 10.8. The lowest BCUT2D eigenvalue weighted by Crippen LogP contribution is -2.22. The molecule has 0 bridgehead atoms. The molecule has 2 nitrogen and oxygen atoms in total.